The summed E-state index contributed by atoms with van der Waals surface area (Å²) >= 11 is 6.56. The average Bonchev–Trinajstić information content (AvgIpc) is 3.53. The molecular formula is C28H31ClN4O4. The van der Waals surface area contributed by atoms with Gasteiger partial charge in [0.15, 0.2) is 5.78 Å². The molecule has 2 aromatic carbocycles. The van der Waals surface area contributed by atoms with Crippen LogP contribution in [0.15, 0.2) is 48.5 Å². The van der Waals surface area contributed by atoms with Gasteiger partial charge in [-0.15, -0.1) is 0 Å². The van der Waals surface area contributed by atoms with E-state index in [-0.39, 0.29) is 23.7 Å². The molecule has 9 heteroatoms. The number of ketones is 1. The summed E-state index contributed by atoms with van der Waals surface area (Å²) in [6.07, 6.45) is 0.932. The van der Waals surface area contributed by atoms with Crippen LogP contribution >= 0.6 is 11.6 Å². The quantitative estimate of drug-likeness (QED) is 0.390. The summed E-state index contributed by atoms with van der Waals surface area (Å²) in [5.74, 6) is 0.376. The van der Waals surface area contributed by atoms with Crippen molar-refractivity contribution in [3.8, 4) is 22.4 Å². The van der Waals surface area contributed by atoms with E-state index in [0.29, 0.717) is 28.8 Å². The number of halogens is 1. The van der Waals surface area contributed by atoms with Crippen molar-refractivity contribution in [1.82, 2.24) is 20.2 Å². The molecule has 0 saturated carbocycles. The summed E-state index contributed by atoms with van der Waals surface area (Å²) in [6, 6.07) is 14.4. The Labute approximate surface area is 221 Å². The van der Waals surface area contributed by atoms with Crippen LogP contribution in [0.25, 0.3) is 22.4 Å². The molecule has 37 heavy (non-hydrogen) atoms. The van der Waals surface area contributed by atoms with Crippen LogP contribution in [0.1, 0.15) is 55.8 Å². The summed E-state index contributed by atoms with van der Waals surface area (Å²) in [5, 5.41) is 3.06. The number of rotatable bonds is 7. The summed E-state index contributed by atoms with van der Waals surface area (Å²) in [7, 11) is 1.28. The van der Waals surface area contributed by atoms with Crippen LogP contribution in [0.5, 0.6) is 0 Å². The Morgan fingerprint density at radius 2 is 1.65 bits per heavy atom. The number of imidazole rings is 1. The molecule has 0 aliphatic carbocycles. The molecule has 8 nitrogen and oxygen atoms in total. The van der Waals surface area contributed by atoms with Gasteiger partial charge in [-0.25, -0.2) is 9.78 Å². The zero-order valence-electron chi connectivity index (χ0n) is 21.4. The molecule has 194 valence electrons. The van der Waals surface area contributed by atoms with Gasteiger partial charge in [0, 0.05) is 17.7 Å². The lowest BCUT2D eigenvalue weighted by atomic mass is 10.0. The fourth-order valence-electron chi connectivity index (χ4n) is 4.63. The molecule has 1 fully saturated rings. The predicted molar refractivity (Wildman–Crippen MR) is 142 cm³/mol. The minimum absolute atomic E-state index is 0.0351. The monoisotopic (exact) mass is 522 g/mol. The third-order valence-electron chi connectivity index (χ3n) is 6.70. The van der Waals surface area contributed by atoms with E-state index >= 15 is 0 Å². The van der Waals surface area contributed by atoms with Gasteiger partial charge in [0.2, 0.25) is 5.91 Å². The molecule has 1 saturated heterocycles. The molecule has 0 bridgehead atoms. The molecule has 1 aromatic heterocycles. The van der Waals surface area contributed by atoms with Crippen molar-refractivity contribution in [2.24, 2.45) is 5.92 Å². The minimum Gasteiger partial charge on any atom is -0.453 e. The van der Waals surface area contributed by atoms with Crippen molar-refractivity contribution >= 4 is 29.4 Å². The molecule has 0 spiro atoms. The van der Waals surface area contributed by atoms with Crippen LogP contribution in [0.4, 0.5) is 4.79 Å². The van der Waals surface area contributed by atoms with E-state index in [1.165, 1.54) is 7.11 Å². The van der Waals surface area contributed by atoms with Gasteiger partial charge in [-0.1, -0.05) is 74.0 Å². The number of hydrogen-bond acceptors (Lipinski definition) is 5. The Balaban J connectivity index is 1.54. The van der Waals surface area contributed by atoms with Gasteiger partial charge in [0.25, 0.3) is 0 Å². The van der Waals surface area contributed by atoms with Crippen LogP contribution in [0.3, 0.4) is 0 Å². The minimum atomic E-state index is -0.699. The van der Waals surface area contributed by atoms with E-state index in [9.17, 15) is 14.4 Å². The topological polar surface area (TPSA) is 104 Å². The van der Waals surface area contributed by atoms with Crippen molar-refractivity contribution in [2.45, 2.75) is 45.7 Å². The number of nitrogens with zero attached hydrogens (tertiary/aromatic N) is 2. The zero-order valence-corrected chi connectivity index (χ0v) is 22.1. The molecule has 1 aliphatic rings. The molecule has 2 atom stereocenters. The number of aromatic nitrogens is 2. The highest BCUT2D eigenvalue weighted by Crippen LogP contribution is 2.35. The smallest absolute Gasteiger partial charge is 0.407 e. The second-order valence-corrected chi connectivity index (χ2v) is 9.92. The maximum atomic E-state index is 13.4. The number of carbonyl (C=O) groups excluding carboxylic acids is 3. The van der Waals surface area contributed by atoms with Crippen LogP contribution < -0.4 is 5.32 Å². The number of methoxy groups -OCH3 is 1. The number of aromatic amines is 1. The first-order valence-electron chi connectivity index (χ1n) is 12.3. The van der Waals surface area contributed by atoms with Gasteiger partial charge in [-0.2, -0.15) is 0 Å². The van der Waals surface area contributed by atoms with Crippen molar-refractivity contribution in [3.63, 3.8) is 0 Å². The van der Waals surface area contributed by atoms with E-state index in [1.807, 2.05) is 62.4 Å². The van der Waals surface area contributed by atoms with Gasteiger partial charge in [-0.05, 0) is 36.8 Å². The normalized spacial score (nSPS) is 16.1. The number of Topliss-reactive ketones (excluding diaryl/α,β-unsaturated/α-hetero) is 1. The predicted octanol–water partition coefficient (Wildman–Crippen LogP) is 5.64. The van der Waals surface area contributed by atoms with Gasteiger partial charge < -0.3 is 19.9 Å². The summed E-state index contributed by atoms with van der Waals surface area (Å²) in [4.78, 5) is 46.4. The highest BCUT2D eigenvalue weighted by Gasteiger charge is 2.37. The summed E-state index contributed by atoms with van der Waals surface area (Å²) < 4.78 is 4.70. The maximum absolute atomic E-state index is 13.4. The van der Waals surface area contributed by atoms with E-state index in [2.05, 4.69) is 10.3 Å². The standard InChI is InChI=1S/C28H31ClN4O4/c1-16(2)23(31-28(36)37-4)27(35)33-15-5-6-22(33)26-30-24(25(29)32-26)21-13-11-20(12-14-21)19-9-7-18(8-10-19)17(3)34/h7-14,16,22-23H,5-6,15H2,1-4H3,(H,30,32)(H,31,36)/t22-,23-/m0/s1. The number of nitrogens with one attached hydrogen (secondary N) is 2. The number of ether oxygens (including phenoxy) is 1. The SMILES string of the molecule is COC(=O)N[C@H](C(=O)N1CCC[C@H]1c1nc(-c2ccc(-c3ccc(C(C)=O)cc3)cc2)c(Cl)[nH]1)C(C)C. The Morgan fingerprint density at radius 1 is 1.05 bits per heavy atom. The molecule has 1 aliphatic heterocycles. The third-order valence-corrected chi connectivity index (χ3v) is 6.98. The second-order valence-electron chi connectivity index (χ2n) is 9.54. The van der Waals surface area contributed by atoms with Crippen molar-refractivity contribution in [1.29, 1.82) is 0 Å². The molecule has 3 aromatic rings. The number of hydrogen-bond donors (Lipinski definition) is 2. The number of H-pyrrole nitrogens is 1. The number of amides is 2. The highest BCUT2D eigenvalue weighted by atomic mass is 35.5. The largest absolute Gasteiger partial charge is 0.453 e. The maximum Gasteiger partial charge on any atom is 0.407 e. The van der Waals surface area contributed by atoms with Crippen LogP contribution in [-0.4, -0.2) is 52.3 Å². The molecule has 2 amide bonds. The first kappa shape index (κ1) is 26.4. The van der Waals surface area contributed by atoms with E-state index < -0.39 is 12.1 Å². The third kappa shape index (κ3) is 5.69. The fourth-order valence-corrected chi connectivity index (χ4v) is 4.88. The van der Waals surface area contributed by atoms with Crippen molar-refractivity contribution in [2.75, 3.05) is 13.7 Å². The number of alkyl carbamates (subject to hydrolysis) is 1. The fraction of sp³-hybridized carbons (Fsp3) is 0.357. The van der Waals surface area contributed by atoms with E-state index in [0.717, 1.165) is 29.5 Å². The van der Waals surface area contributed by atoms with Gasteiger partial charge in [0.05, 0.1) is 13.2 Å². The van der Waals surface area contributed by atoms with Gasteiger partial charge in [0.1, 0.15) is 22.7 Å². The molecular weight excluding hydrogens is 492 g/mol. The van der Waals surface area contributed by atoms with Crippen molar-refractivity contribution < 1.29 is 19.1 Å². The van der Waals surface area contributed by atoms with Gasteiger partial charge in [-0.3, -0.25) is 9.59 Å². The Hall–Kier alpha value is -3.65. The lowest BCUT2D eigenvalue weighted by Gasteiger charge is -2.29. The average molecular weight is 523 g/mol. The lowest BCUT2D eigenvalue weighted by Crippen LogP contribution is -2.51. The van der Waals surface area contributed by atoms with E-state index in [4.69, 9.17) is 21.3 Å². The molecule has 2 heterocycles. The first-order chi connectivity index (χ1) is 17.7. The lowest BCUT2D eigenvalue weighted by molar-refractivity contribution is -0.135. The molecule has 2 N–H and O–H groups in total. The Kier molecular flexibility index (Phi) is 7.97. The Bertz CT molecular complexity index is 1280. The van der Waals surface area contributed by atoms with Crippen LogP contribution in [0.2, 0.25) is 5.15 Å². The molecule has 0 radical (unpaired) electrons. The van der Waals surface area contributed by atoms with Crippen LogP contribution in [-0.2, 0) is 9.53 Å². The Morgan fingerprint density at radius 3 is 2.22 bits per heavy atom. The summed E-state index contributed by atoms with van der Waals surface area (Å²) in [5.41, 5.74) is 4.15. The molecule has 0 unspecified atom stereocenters. The number of benzene rings is 2. The first-order valence-corrected chi connectivity index (χ1v) is 12.7. The number of carbonyl (C=O) groups is 3. The summed E-state index contributed by atoms with van der Waals surface area (Å²) in [6.45, 7) is 5.88. The van der Waals surface area contributed by atoms with E-state index in [1.54, 1.807) is 11.8 Å². The second kappa shape index (κ2) is 11.2. The van der Waals surface area contributed by atoms with Crippen LogP contribution in [0, 0.1) is 5.92 Å². The molecule has 4 rings (SSSR count). The highest BCUT2D eigenvalue weighted by molar-refractivity contribution is 6.31. The zero-order chi connectivity index (χ0) is 26.7. The van der Waals surface area contributed by atoms with Crippen molar-refractivity contribution in [3.05, 3.63) is 65.1 Å². The number of likely N-dealkylation sites (tertiary alicyclic amines) is 1. The van der Waals surface area contributed by atoms with Gasteiger partial charge >= 0.3 is 6.09 Å².